The van der Waals surface area contributed by atoms with E-state index < -0.39 is 6.04 Å². The summed E-state index contributed by atoms with van der Waals surface area (Å²) in [6.07, 6.45) is 0.396. The van der Waals surface area contributed by atoms with Crippen molar-refractivity contribution in [3.63, 3.8) is 0 Å². The van der Waals surface area contributed by atoms with Gasteiger partial charge in [0.1, 0.15) is 11.8 Å². The maximum atomic E-state index is 13.6. The largest absolute Gasteiger partial charge is 0.484 e. The Labute approximate surface area is 225 Å². The summed E-state index contributed by atoms with van der Waals surface area (Å²) in [5.74, 6) is 0.880. The summed E-state index contributed by atoms with van der Waals surface area (Å²) in [7, 11) is 0. The van der Waals surface area contributed by atoms with Crippen molar-refractivity contribution in [3.8, 4) is 5.75 Å². The van der Waals surface area contributed by atoms with Gasteiger partial charge in [0.15, 0.2) is 6.61 Å². The number of nitrogens with one attached hydrogen (secondary N) is 1. The Kier molecular flexibility index (Phi) is 10.6. The number of ether oxygens (including phenoxy) is 1. The number of hydrogen-bond donors (Lipinski definition) is 1. The van der Waals surface area contributed by atoms with Gasteiger partial charge in [-0.2, -0.15) is 0 Å². The normalized spacial score (nSPS) is 11.9. The molecule has 0 aliphatic carbocycles. The summed E-state index contributed by atoms with van der Waals surface area (Å²) in [6, 6.07) is 24.2. The van der Waals surface area contributed by atoms with Crippen LogP contribution in [0, 0.1) is 5.92 Å². The zero-order valence-electron chi connectivity index (χ0n) is 22.1. The third-order valence-corrected chi connectivity index (χ3v) is 6.38. The Bertz CT molecular complexity index is 1130. The van der Waals surface area contributed by atoms with Gasteiger partial charge in [0.25, 0.3) is 5.91 Å². The number of rotatable bonds is 12. The van der Waals surface area contributed by atoms with Crippen molar-refractivity contribution in [3.05, 3.63) is 101 Å². The van der Waals surface area contributed by atoms with Crippen molar-refractivity contribution in [1.29, 1.82) is 0 Å². The van der Waals surface area contributed by atoms with Crippen LogP contribution < -0.4 is 10.1 Å². The Hall–Kier alpha value is -3.31. The molecule has 0 aliphatic heterocycles. The van der Waals surface area contributed by atoms with Crippen LogP contribution in [0.3, 0.4) is 0 Å². The topological polar surface area (TPSA) is 58.6 Å². The van der Waals surface area contributed by atoms with E-state index in [9.17, 15) is 9.59 Å². The SMILES string of the molecule is CC(C)CNC(=O)[C@@H](Cc1ccccc1)N(Cc1ccc(Cl)cc1)C(=O)COc1ccc(C(C)C)cc1. The van der Waals surface area contributed by atoms with Crippen LogP contribution >= 0.6 is 11.6 Å². The molecule has 0 saturated heterocycles. The minimum Gasteiger partial charge on any atom is -0.484 e. The molecule has 196 valence electrons. The first-order valence-corrected chi connectivity index (χ1v) is 13.2. The van der Waals surface area contributed by atoms with E-state index in [0.29, 0.717) is 35.6 Å². The fraction of sp³-hybridized carbons (Fsp3) is 0.355. The first kappa shape index (κ1) is 28.3. The lowest BCUT2D eigenvalue weighted by molar-refractivity contribution is -0.142. The molecule has 3 aromatic carbocycles. The van der Waals surface area contributed by atoms with Gasteiger partial charge in [-0.15, -0.1) is 0 Å². The fourth-order valence-electron chi connectivity index (χ4n) is 3.94. The maximum absolute atomic E-state index is 13.6. The van der Waals surface area contributed by atoms with E-state index in [1.54, 1.807) is 17.0 Å². The molecule has 5 nitrogen and oxygen atoms in total. The van der Waals surface area contributed by atoms with Crippen molar-refractivity contribution in [2.75, 3.05) is 13.2 Å². The molecule has 0 bridgehead atoms. The number of benzene rings is 3. The monoisotopic (exact) mass is 520 g/mol. The first-order chi connectivity index (χ1) is 17.7. The highest BCUT2D eigenvalue weighted by Gasteiger charge is 2.30. The van der Waals surface area contributed by atoms with Crippen LogP contribution in [0.1, 0.15) is 50.3 Å². The molecular formula is C31H37ClN2O3. The number of amides is 2. The quantitative estimate of drug-likeness (QED) is 0.307. The number of carbonyl (C=O) groups excluding carboxylic acids is 2. The van der Waals surface area contributed by atoms with Gasteiger partial charge in [-0.3, -0.25) is 9.59 Å². The molecule has 1 atom stereocenters. The summed E-state index contributed by atoms with van der Waals surface area (Å²) < 4.78 is 5.87. The Morgan fingerprint density at radius 3 is 2.11 bits per heavy atom. The molecular weight excluding hydrogens is 484 g/mol. The standard InChI is InChI=1S/C31H37ClN2O3/c1-22(2)19-33-31(36)29(18-24-8-6-5-7-9-24)34(20-25-10-14-27(32)15-11-25)30(35)21-37-28-16-12-26(13-17-28)23(3)4/h5-17,22-23,29H,18-21H2,1-4H3,(H,33,36)/t29-/m1/s1. The van der Waals surface area contributed by atoms with E-state index in [0.717, 1.165) is 11.1 Å². The highest BCUT2D eigenvalue weighted by molar-refractivity contribution is 6.30. The molecule has 0 aliphatic rings. The summed E-state index contributed by atoms with van der Waals surface area (Å²) in [6.45, 7) is 8.97. The average Bonchev–Trinajstić information content (AvgIpc) is 2.89. The van der Waals surface area contributed by atoms with Gasteiger partial charge in [0.2, 0.25) is 5.91 Å². The average molecular weight is 521 g/mol. The minimum atomic E-state index is -0.698. The molecule has 6 heteroatoms. The van der Waals surface area contributed by atoms with Crippen molar-refractivity contribution >= 4 is 23.4 Å². The van der Waals surface area contributed by atoms with Gasteiger partial charge in [0, 0.05) is 24.5 Å². The van der Waals surface area contributed by atoms with Gasteiger partial charge >= 0.3 is 0 Å². The van der Waals surface area contributed by atoms with E-state index in [1.165, 1.54) is 5.56 Å². The third-order valence-electron chi connectivity index (χ3n) is 6.13. The van der Waals surface area contributed by atoms with Gasteiger partial charge in [-0.25, -0.2) is 0 Å². The Morgan fingerprint density at radius 2 is 1.51 bits per heavy atom. The predicted molar refractivity (Wildman–Crippen MR) is 150 cm³/mol. The van der Waals surface area contributed by atoms with E-state index >= 15 is 0 Å². The lowest BCUT2D eigenvalue weighted by atomic mass is 10.0. The summed E-state index contributed by atoms with van der Waals surface area (Å²) >= 11 is 6.09. The third kappa shape index (κ3) is 8.94. The fourth-order valence-corrected chi connectivity index (χ4v) is 4.07. The molecule has 37 heavy (non-hydrogen) atoms. The molecule has 3 rings (SSSR count). The molecule has 0 heterocycles. The highest BCUT2D eigenvalue weighted by Crippen LogP contribution is 2.20. The molecule has 0 radical (unpaired) electrons. The summed E-state index contributed by atoms with van der Waals surface area (Å²) in [5.41, 5.74) is 3.06. The van der Waals surface area contributed by atoms with Gasteiger partial charge in [0.05, 0.1) is 0 Å². The zero-order chi connectivity index (χ0) is 26.8. The molecule has 0 fully saturated rings. The van der Waals surface area contributed by atoms with Crippen molar-refractivity contribution < 1.29 is 14.3 Å². The lowest BCUT2D eigenvalue weighted by Gasteiger charge is -2.31. The minimum absolute atomic E-state index is 0.169. The molecule has 0 unspecified atom stereocenters. The predicted octanol–water partition coefficient (Wildman–Crippen LogP) is 6.25. The van der Waals surface area contributed by atoms with Crippen molar-refractivity contribution in [2.45, 2.75) is 52.6 Å². The van der Waals surface area contributed by atoms with E-state index in [-0.39, 0.29) is 25.0 Å². The smallest absolute Gasteiger partial charge is 0.261 e. The summed E-state index contributed by atoms with van der Waals surface area (Å²) in [5, 5.41) is 3.64. The van der Waals surface area contributed by atoms with Gasteiger partial charge < -0.3 is 15.0 Å². The van der Waals surface area contributed by atoms with Crippen LogP contribution in [0.2, 0.25) is 5.02 Å². The second-order valence-corrected chi connectivity index (χ2v) is 10.4. The Balaban J connectivity index is 1.86. The van der Waals surface area contributed by atoms with Crippen LogP contribution in [0.25, 0.3) is 0 Å². The van der Waals surface area contributed by atoms with Crippen LogP contribution in [0.4, 0.5) is 0 Å². The first-order valence-electron chi connectivity index (χ1n) is 12.8. The second-order valence-electron chi connectivity index (χ2n) is 10.0. The van der Waals surface area contributed by atoms with Gasteiger partial charge in [-0.1, -0.05) is 93.9 Å². The number of halogens is 1. The molecule has 1 N–H and O–H groups in total. The van der Waals surface area contributed by atoms with Crippen molar-refractivity contribution in [2.24, 2.45) is 5.92 Å². The Morgan fingerprint density at radius 1 is 0.865 bits per heavy atom. The molecule has 0 saturated carbocycles. The van der Waals surface area contributed by atoms with Crippen LogP contribution in [-0.2, 0) is 22.6 Å². The molecule has 0 spiro atoms. The van der Waals surface area contributed by atoms with Crippen LogP contribution in [0.5, 0.6) is 5.75 Å². The van der Waals surface area contributed by atoms with Crippen LogP contribution in [-0.4, -0.2) is 35.9 Å². The molecule has 2 amide bonds. The number of carbonyl (C=O) groups is 2. The number of nitrogens with zero attached hydrogens (tertiary/aromatic N) is 1. The van der Waals surface area contributed by atoms with Gasteiger partial charge in [-0.05, 0) is 52.8 Å². The second kappa shape index (κ2) is 13.8. The number of hydrogen-bond acceptors (Lipinski definition) is 3. The lowest BCUT2D eigenvalue weighted by Crippen LogP contribution is -2.52. The van der Waals surface area contributed by atoms with E-state index in [4.69, 9.17) is 16.3 Å². The van der Waals surface area contributed by atoms with Crippen molar-refractivity contribution in [1.82, 2.24) is 10.2 Å². The highest BCUT2D eigenvalue weighted by atomic mass is 35.5. The maximum Gasteiger partial charge on any atom is 0.261 e. The molecule has 0 aromatic heterocycles. The zero-order valence-corrected chi connectivity index (χ0v) is 22.9. The summed E-state index contributed by atoms with van der Waals surface area (Å²) in [4.78, 5) is 28.7. The van der Waals surface area contributed by atoms with Crippen LogP contribution in [0.15, 0.2) is 78.9 Å². The molecule has 3 aromatic rings. The van der Waals surface area contributed by atoms with E-state index in [2.05, 4.69) is 19.2 Å². The van der Waals surface area contributed by atoms with E-state index in [1.807, 2.05) is 80.6 Å².